The maximum atomic E-state index is 5.53. The second kappa shape index (κ2) is 2.97. The predicted octanol–water partition coefficient (Wildman–Crippen LogP) is 3.46. The molecule has 0 saturated heterocycles. The van der Waals surface area contributed by atoms with Gasteiger partial charge in [0, 0.05) is 15.2 Å². The van der Waals surface area contributed by atoms with Gasteiger partial charge in [0.1, 0.15) is 0 Å². The third-order valence-electron chi connectivity index (χ3n) is 1.05. The van der Waals surface area contributed by atoms with Gasteiger partial charge in [-0.2, -0.15) is 0 Å². The van der Waals surface area contributed by atoms with E-state index in [9.17, 15) is 0 Å². The number of quaternary nitrogens is 1. The molecule has 0 atom stereocenters. The summed E-state index contributed by atoms with van der Waals surface area (Å²) in [5, 5.41) is 0. The van der Waals surface area contributed by atoms with Crippen LogP contribution >= 0.6 is 35.3 Å². The zero-order chi connectivity index (χ0) is 7.61. The Morgan fingerprint density at radius 2 is 1.40 bits per heavy atom. The summed E-state index contributed by atoms with van der Waals surface area (Å²) in [5.41, 5.74) is 0.632. The molecule has 0 saturated carbocycles. The van der Waals surface area contributed by atoms with Crippen molar-refractivity contribution in [1.29, 1.82) is 0 Å². The van der Waals surface area contributed by atoms with E-state index in [2.05, 4.69) is 0 Å². The van der Waals surface area contributed by atoms with Gasteiger partial charge in [-0.15, -0.1) is 0 Å². The molecule has 1 aromatic rings. The molecule has 0 aliphatic rings. The summed E-state index contributed by atoms with van der Waals surface area (Å²) in [5.74, 6) is 0. The number of halogens is 3. The zero-order valence-corrected chi connectivity index (χ0v) is 7.24. The topological polar surface area (TPSA) is 0 Å². The van der Waals surface area contributed by atoms with Gasteiger partial charge in [-0.25, -0.2) is 0 Å². The van der Waals surface area contributed by atoms with E-state index in [-0.39, 0.29) is 0 Å². The second-order valence-corrected chi connectivity index (χ2v) is 3.82. The summed E-state index contributed by atoms with van der Waals surface area (Å²) in [6.45, 7) is 0. The fraction of sp³-hybridized carbons (Fsp3) is 0. The molecule has 0 N–H and O–H groups in total. The molecule has 4 heteroatoms. The van der Waals surface area contributed by atoms with Gasteiger partial charge >= 0.3 is 0 Å². The molecule has 54 valence electrons. The highest BCUT2D eigenvalue weighted by Crippen LogP contribution is 2.31. The number of nitrogens with zero attached hydrogens (tertiary/aromatic N) is 1. The highest BCUT2D eigenvalue weighted by molar-refractivity contribution is 6.61. The summed E-state index contributed by atoms with van der Waals surface area (Å²) in [6, 6.07) is 8.98. The summed E-state index contributed by atoms with van der Waals surface area (Å²) in [4.78, 5) is 0. The number of hydrogen-bond acceptors (Lipinski definition) is 0. The van der Waals surface area contributed by atoms with E-state index >= 15 is 0 Å². The second-order valence-electron chi connectivity index (χ2n) is 1.78. The molecular formula is C6H5Cl3N+. The van der Waals surface area contributed by atoms with Crippen molar-refractivity contribution >= 4 is 41.0 Å². The molecule has 0 heterocycles. The summed E-state index contributed by atoms with van der Waals surface area (Å²) >= 11 is 16.6. The van der Waals surface area contributed by atoms with E-state index in [1.807, 2.05) is 18.2 Å². The maximum absolute atomic E-state index is 5.53. The molecule has 0 amide bonds. The SMILES string of the molecule is Cl[N+](Cl)(Cl)c1ccccc1. The van der Waals surface area contributed by atoms with Crippen LogP contribution in [0.25, 0.3) is 0 Å². The molecule has 0 fully saturated rings. The van der Waals surface area contributed by atoms with Gasteiger partial charge in [0.25, 0.3) is 0 Å². The molecule has 0 aliphatic heterocycles. The smallest absolute Gasteiger partial charge is 0.0618 e. The molecular weight excluding hydrogens is 192 g/mol. The highest BCUT2D eigenvalue weighted by atomic mass is 35.6. The van der Waals surface area contributed by atoms with Crippen LogP contribution < -0.4 is 3.04 Å². The van der Waals surface area contributed by atoms with Crippen molar-refractivity contribution in [2.45, 2.75) is 0 Å². The van der Waals surface area contributed by atoms with Crippen LogP contribution in [0.1, 0.15) is 0 Å². The van der Waals surface area contributed by atoms with Crippen LogP contribution in [-0.2, 0) is 0 Å². The monoisotopic (exact) mass is 196 g/mol. The van der Waals surface area contributed by atoms with Crippen molar-refractivity contribution in [3.05, 3.63) is 30.3 Å². The van der Waals surface area contributed by atoms with Crippen LogP contribution in [0.4, 0.5) is 5.69 Å². The highest BCUT2D eigenvalue weighted by Gasteiger charge is 2.24. The maximum Gasteiger partial charge on any atom is 0.215 e. The van der Waals surface area contributed by atoms with Gasteiger partial charge < -0.3 is 0 Å². The Morgan fingerprint density at radius 1 is 0.900 bits per heavy atom. The Bertz CT molecular complexity index is 204. The quantitative estimate of drug-likeness (QED) is 0.605. The first kappa shape index (κ1) is 8.15. The fourth-order valence-electron chi connectivity index (χ4n) is 0.597. The average molecular weight is 197 g/mol. The lowest BCUT2D eigenvalue weighted by molar-refractivity contribution is 1.07. The lowest BCUT2D eigenvalue weighted by Crippen LogP contribution is -2.10. The molecule has 1 rings (SSSR count). The average Bonchev–Trinajstić information content (AvgIpc) is 1.88. The van der Waals surface area contributed by atoms with Crippen LogP contribution in [-0.4, -0.2) is 0 Å². The van der Waals surface area contributed by atoms with Crippen LogP contribution in [0.15, 0.2) is 30.3 Å². The van der Waals surface area contributed by atoms with Gasteiger partial charge in [-0.05, 0) is 0 Å². The Hall–Kier alpha value is 0.0500. The third kappa shape index (κ3) is 2.03. The number of hydrogen-bond donors (Lipinski definition) is 0. The van der Waals surface area contributed by atoms with Crippen LogP contribution in [0.5, 0.6) is 0 Å². The van der Waals surface area contributed by atoms with Gasteiger partial charge in [0.15, 0.2) is 5.69 Å². The first-order chi connectivity index (χ1) is 4.61. The molecule has 0 spiro atoms. The molecule has 0 unspecified atom stereocenters. The van der Waals surface area contributed by atoms with Crippen molar-refractivity contribution in [2.24, 2.45) is 0 Å². The minimum absolute atomic E-state index is 0.632. The Labute approximate surface area is 74.6 Å². The summed E-state index contributed by atoms with van der Waals surface area (Å²) in [6.07, 6.45) is 0. The largest absolute Gasteiger partial charge is 0.215 e. The van der Waals surface area contributed by atoms with E-state index in [0.29, 0.717) is 5.69 Å². The standard InChI is InChI=1S/C6H5Cl3N/c7-10(8,9)6-4-2-1-3-5-6/h1-5H/q+1. The number of benzene rings is 1. The molecule has 0 aromatic heterocycles. The van der Waals surface area contributed by atoms with Crippen molar-refractivity contribution in [3.8, 4) is 0 Å². The normalized spacial score (nSPS) is 11.5. The van der Waals surface area contributed by atoms with E-state index < -0.39 is 3.04 Å². The summed E-state index contributed by atoms with van der Waals surface area (Å²) < 4.78 is -0.694. The van der Waals surface area contributed by atoms with E-state index in [1.165, 1.54) is 0 Å². The minimum atomic E-state index is -0.694. The lowest BCUT2D eigenvalue weighted by atomic mass is 10.3. The zero-order valence-electron chi connectivity index (χ0n) is 4.97. The van der Waals surface area contributed by atoms with Crippen molar-refractivity contribution < 1.29 is 0 Å². The van der Waals surface area contributed by atoms with Gasteiger partial charge in [-0.1, -0.05) is 18.2 Å². The Morgan fingerprint density at radius 3 is 1.70 bits per heavy atom. The van der Waals surface area contributed by atoms with Crippen LogP contribution in [0.3, 0.4) is 0 Å². The van der Waals surface area contributed by atoms with Crippen molar-refractivity contribution in [3.63, 3.8) is 0 Å². The first-order valence-electron chi connectivity index (χ1n) is 2.64. The molecule has 0 radical (unpaired) electrons. The van der Waals surface area contributed by atoms with Gasteiger partial charge in [-0.3, -0.25) is 0 Å². The minimum Gasteiger partial charge on any atom is -0.0618 e. The lowest BCUT2D eigenvalue weighted by Gasteiger charge is -2.05. The van der Waals surface area contributed by atoms with E-state index in [1.54, 1.807) is 12.1 Å². The summed E-state index contributed by atoms with van der Waals surface area (Å²) in [7, 11) is 0. The van der Waals surface area contributed by atoms with E-state index in [4.69, 9.17) is 35.3 Å². The fourth-order valence-corrected chi connectivity index (χ4v) is 0.935. The van der Waals surface area contributed by atoms with Crippen LogP contribution in [0.2, 0.25) is 0 Å². The van der Waals surface area contributed by atoms with Crippen molar-refractivity contribution in [2.75, 3.05) is 0 Å². The molecule has 10 heavy (non-hydrogen) atoms. The van der Waals surface area contributed by atoms with Gasteiger partial charge in [0.2, 0.25) is 35.3 Å². The first-order valence-corrected chi connectivity index (χ1v) is 3.66. The van der Waals surface area contributed by atoms with Crippen molar-refractivity contribution in [1.82, 2.24) is 3.04 Å². The molecule has 1 aromatic carbocycles. The molecule has 0 aliphatic carbocycles. The number of rotatable bonds is 1. The Balaban J connectivity index is 2.97. The van der Waals surface area contributed by atoms with Crippen LogP contribution in [0, 0.1) is 0 Å². The third-order valence-corrected chi connectivity index (χ3v) is 1.63. The van der Waals surface area contributed by atoms with E-state index in [0.717, 1.165) is 0 Å². The Kier molecular flexibility index (Phi) is 2.42. The molecule has 0 bridgehead atoms. The predicted molar refractivity (Wildman–Crippen MR) is 45.8 cm³/mol. The van der Waals surface area contributed by atoms with Gasteiger partial charge in [0.05, 0.1) is 0 Å². The molecule has 1 nitrogen and oxygen atoms in total.